The maximum Gasteiger partial charge on any atom is 0.211 e. The number of phenolic OH excluding ortho intramolecular Hbond substituents is 1. The zero-order valence-corrected chi connectivity index (χ0v) is 15.5. The number of nitrogens with two attached hydrogens (primary N) is 1. The van der Waals surface area contributed by atoms with Crippen LogP contribution in [0.3, 0.4) is 0 Å². The van der Waals surface area contributed by atoms with Crippen LogP contribution in [0.1, 0.15) is 4.88 Å². The van der Waals surface area contributed by atoms with Gasteiger partial charge in [-0.05, 0) is 36.6 Å². The number of nitrogens with zero attached hydrogens (tertiary/aromatic N) is 2. The fourth-order valence-corrected chi connectivity index (χ4v) is 4.18. The summed E-state index contributed by atoms with van der Waals surface area (Å²) in [6.07, 6.45) is 2.03. The minimum absolute atomic E-state index is 0.0794. The molecule has 0 fully saturated rings. The van der Waals surface area contributed by atoms with Crippen molar-refractivity contribution in [1.29, 1.82) is 0 Å². The van der Waals surface area contributed by atoms with E-state index in [0.29, 0.717) is 16.7 Å². The maximum absolute atomic E-state index is 9.88. The van der Waals surface area contributed by atoms with E-state index in [4.69, 9.17) is 10.5 Å². The number of thioether (sulfide) groups is 1. The van der Waals surface area contributed by atoms with Crippen molar-refractivity contribution in [3.8, 4) is 22.8 Å². The van der Waals surface area contributed by atoms with Crippen LogP contribution in [0.15, 0.2) is 44.9 Å². The van der Waals surface area contributed by atoms with E-state index in [1.807, 2.05) is 29.8 Å². The Bertz CT molecular complexity index is 886. The molecule has 2 aromatic heterocycles. The predicted octanol–water partition coefficient (Wildman–Crippen LogP) is 4.34. The number of aliphatic imine (C=N–C) groups is 1. The van der Waals surface area contributed by atoms with E-state index in [9.17, 15) is 5.11 Å². The molecule has 24 heavy (non-hydrogen) atoms. The molecule has 3 rings (SSSR count). The number of amidine groups is 1. The van der Waals surface area contributed by atoms with Crippen LogP contribution in [0.4, 0.5) is 5.13 Å². The minimum atomic E-state index is 0.0794. The van der Waals surface area contributed by atoms with E-state index in [0.717, 1.165) is 16.1 Å². The molecule has 2 heterocycles. The number of aromatic nitrogens is 1. The van der Waals surface area contributed by atoms with E-state index >= 15 is 0 Å². The standard InChI is InChI=1S/C16H15N3O2S3/c1-21-12-4-3-9(7-11(12)20)10-8-23-16(18-10)19-15(17)13-5-6-14(22-2)24-13/h3-8,20H,1-2H3,(H2,17,18,19). The highest BCUT2D eigenvalue weighted by atomic mass is 32.2. The van der Waals surface area contributed by atoms with Gasteiger partial charge in [-0.25, -0.2) is 9.98 Å². The highest BCUT2D eigenvalue weighted by Crippen LogP contribution is 2.33. The van der Waals surface area contributed by atoms with Crippen molar-refractivity contribution in [2.45, 2.75) is 4.21 Å². The number of thiazole rings is 1. The van der Waals surface area contributed by atoms with E-state index in [1.54, 1.807) is 35.2 Å². The average molecular weight is 378 g/mol. The fraction of sp³-hybridized carbons (Fsp3) is 0.125. The summed E-state index contributed by atoms with van der Waals surface area (Å²) in [7, 11) is 1.51. The molecule has 3 N–H and O–H groups in total. The Morgan fingerprint density at radius 2 is 2.17 bits per heavy atom. The molecule has 124 valence electrons. The van der Waals surface area contributed by atoms with E-state index in [1.165, 1.54) is 22.7 Å². The van der Waals surface area contributed by atoms with Crippen LogP contribution in [0.2, 0.25) is 0 Å². The summed E-state index contributed by atoms with van der Waals surface area (Å²) in [5.41, 5.74) is 7.60. The number of phenols is 1. The molecule has 0 aliphatic heterocycles. The molecule has 0 atom stereocenters. The lowest BCUT2D eigenvalue weighted by molar-refractivity contribution is 0.373. The highest BCUT2D eigenvalue weighted by molar-refractivity contribution is 8.00. The molecular weight excluding hydrogens is 362 g/mol. The predicted molar refractivity (Wildman–Crippen MR) is 102 cm³/mol. The maximum atomic E-state index is 9.88. The summed E-state index contributed by atoms with van der Waals surface area (Å²) < 4.78 is 6.24. The third kappa shape index (κ3) is 3.55. The Hall–Kier alpha value is -2.03. The normalized spacial score (nSPS) is 11.7. The fourth-order valence-electron chi connectivity index (χ4n) is 2.02. The largest absolute Gasteiger partial charge is 0.504 e. The van der Waals surface area contributed by atoms with Crippen molar-refractivity contribution in [3.63, 3.8) is 0 Å². The van der Waals surface area contributed by atoms with E-state index < -0.39 is 0 Å². The van der Waals surface area contributed by atoms with Gasteiger partial charge in [-0.1, -0.05) is 0 Å². The SMILES string of the molecule is COc1ccc(-c2csc(N=C(N)c3ccc(SC)s3)n2)cc1O. The second-order valence-electron chi connectivity index (χ2n) is 4.72. The molecule has 3 aromatic rings. The third-order valence-electron chi connectivity index (χ3n) is 3.22. The number of hydrogen-bond donors (Lipinski definition) is 2. The number of benzene rings is 1. The van der Waals surface area contributed by atoms with Gasteiger partial charge < -0.3 is 15.6 Å². The number of thiophene rings is 1. The summed E-state index contributed by atoms with van der Waals surface area (Å²) in [6, 6.07) is 9.16. The lowest BCUT2D eigenvalue weighted by atomic mass is 10.1. The van der Waals surface area contributed by atoms with Gasteiger partial charge >= 0.3 is 0 Å². The van der Waals surface area contributed by atoms with Crippen LogP contribution in [-0.4, -0.2) is 29.3 Å². The van der Waals surface area contributed by atoms with Crippen LogP contribution in [-0.2, 0) is 0 Å². The second kappa shape index (κ2) is 7.25. The third-order valence-corrected chi connectivity index (χ3v) is 6.14. The van der Waals surface area contributed by atoms with Gasteiger partial charge in [0.05, 0.1) is 21.9 Å². The molecule has 0 saturated carbocycles. The topological polar surface area (TPSA) is 80.7 Å². The van der Waals surface area contributed by atoms with Gasteiger partial charge in [-0.15, -0.1) is 34.4 Å². The monoisotopic (exact) mass is 377 g/mol. The molecule has 0 unspecified atom stereocenters. The molecule has 8 heteroatoms. The van der Waals surface area contributed by atoms with Gasteiger partial charge in [0.15, 0.2) is 11.5 Å². The molecule has 0 aliphatic rings. The Morgan fingerprint density at radius 1 is 1.33 bits per heavy atom. The van der Waals surface area contributed by atoms with Crippen LogP contribution >= 0.6 is 34.4 Å². The molecule has 0 aliphatic carbocycles. The van der Waals surface area contributed by atoms with Gasteiger partial charge in [-0.3, -0.25) is 0 Å². The summed E-state index contributed by atoms with van der Waals surface area (Å²) in [5, 5.41) is 12.3. The zero-order valence-electron chi connectivity index (χ0n) is 13.0. The molecule has 0 radical (unpaired) electrons. The van der Waals surface area contributed by atoms with Crippen LogP contribution in [0.25, 0.3) is 11.3 Å². The van der Waals surface area contributed by atoms with Gasteiger partial charge in [0, 0.05) is 10.9 Å². The molecule has 1 aromatic carbocycles. The van der Waals surface area contributed by atoms with Crippen molar-refractivity contribution >= 4 is 45.4 Å². The number of ether oxygens (including phenoxy) is 1. The molecule has 0 saturated heterocycles. The Morgan fingerprint density at radius 3 is 2.83 bits per heavy atom. The summed E-state index contributed by atoms with van der Waals surface area (Å²) in [4.78, 5) is 9.79. The second-order valence-corrected chi connectivity index (χ2v) is 7.75. The molecular formula is C16H15N3O2S3. The first kappa shape index (κ1) is 16.8. The molecule has 5 nitrogen and oxygen atoms in total. The Labute approximate surface area is 151 Å². The van der Waals surface area contributed by atoms with Crippen molar-refractivity contribution < 1.29 is 9.84 Å². The molecule has 0 amide bonds. The van der Waals surface area contributed by atoms with Gasteiger partial charge in [0.1, 0.15) is 5.84 Å². The van der Waals surface area contributed by atoms with Gasteiger partial charge in [0.25, 0.3) is 0 Å². The lowest BCUT2D eigenvalue weighted by Crippen LogP contribution is -2.10. The first-order valence-corrected chi connectivity index (χ1v) is 9.84. The Balaban J connectivity index is 1.85. The number of aromatic hydroxyl groups is 1. The van der Waals surface area contributed by atoms with E-state index in [2.05, 4.69) is 9.98 Å². The van der Waals surface area contributed by atoms with Crippen LogP contribution in [0.5, 0.6) is 11.5 Å². The summed E-state index contributed by atoms with van der Waals surface area (Å²) in [5.74, 6) is 0.966. The number of methoxy groups -OCH3 is 1. The quantitative estimate of drug-likeness (QED) is 0.393. The zero-order chi connectivity index (χ0) is 17.1. The van der Waals surface area contributed by atoms with Gasteiger partial charge in [0.2, 0.25) is 5.13 Å². The molecule has 0 spiro atoms. The highest BCUT2D eigenvalue weighted by Gasteiger charge is 2.09. The van der Waals surface area contributed by atoms with Crippen molar-refractivity contribution in [2.24, 2.45) is 10.7 Å². The van der Waals surface area contributed by atoms with Crippen LogP contribution < -0.4 is 10.5 Å². The van der Waals surface area contributed by atoms with Crippen LogP contribution in [0, 0.1) is 0 Å². The summed E-state index contributed by atoms with van der Waals surface area (Å²) >= 11 is 4.69. The van der Waals surface area contributed by atoms with E-state index in [-0.39, 0.29) is 5.75 Å². The molecule has 0 bridgehead atoms. The first-order valence-electron chi connectivity index (χ1n) is 6.92. The van der Waals surface area contributed by atoms with Gasteiger partial charge in [-0.2, -0.15) is 0 Å². The number of hydrogen-bond acceptors (Lipinski definition) is 7. The number of rotatable bonds is 5. The van der Waals surface area contributed by atoms with Crippen molar-refractivity contribution in [1.82, 2.24) is 4.98 Å². The smallest absolute Gasteiger partial charge is 0.211 e. The minimum Gasteiger partial charge on any atom is -0.504 e. The van der Waals surface area contributed by atoms with Crippen molar-refractivity contribution in [2.75, 3.05) is 13.4 Å². The first-order chi connectivity index (χ1) is 11.6. The lowest BCUT2D eigenvalue weighted by Gasteiger charge is -2.04. The van der Waals surface area contributed by atoms with Crippen molar-refractivity contribution in [3.05, 3.63) is 40.6 Å². The Kier molecular flexibility index (Phi) is 5.08. The summed E-state index contributed by atoms with van der Waals surface area (Å²) in [6.45, 7) is 0. The average Bonchev–Trinajstić information content (AvgIpc) is 3.24.